The first kappa shape index (κ1) is 63.5. The molecule has 6 heterocycles. The van der Waals surface area contributed by atoms with E-state index in [1.165, 1.54) is 0 Å². The monoisotopic (exact) mass is 1610 g/mol. The summed E-state index contributed by atoms with van der Waals surface area (Å²) < 4.78 is 146. The first-order valence-electron chi connectivity index (χ1n) is 50.5. The van der Waals surface area contributed by atoms with Crippen LogP contribution in [0.2, 0.25) is 0 Å². The van der Waals surface area contributed by atoms with Gasteiger partial charge in [-0.25, -0.2) is 0 Å². The Balaban J connectivity index is 1.09. The highest BCUT2D eigenvalue weighted by Crippen LogP contribution is 2.55. The Labute approximate surface area is 745 Å². The minimum Gasteiger partial charge on any atom is -0.311 e. The third kappa shape index (κ3) is 12.3. The normalized spacial score (nSPS) is 15.3. The Morgan fingerprint density at radius 2 is 0.496 bits per heavy atom. The third-order valence-corrected chi connectivity index (χ3v) is 26.6. The first-order chi connectivity index (χ1) is 64.3. The molecule has 0 unspecified atom stereocenters. The molecular weight excluding hydrogens is 1480 g/mol. The summed E-state index contributed by atoms with van der Waals surface area (Å²) in [6.45, 7) is 46.7. The lowest BCUT2D eigenvalue weighted by Crippen LogP contribution is -2.61. The van der Waals surface area contributed by atoms with E-state index < -0.39 is 59.2 Å². The summed E-state index contributed by atoms with van der Waals surface area (Å²) in [5.74, 6) is 0. The van der Waals surface area contributed by atoms with Crippen molar-refractivity contribution in [2.24, 2.45) is 0 Å². The molecule has 2 aliphatic heterocycles. The van der Waals surface area contributed by atoms with Crippen molar-refractivity contribution < 1.29 is 19.2 Å². The lowest BCUT2D eigenvalue weighted by molar-refractivity contribution is 0.568. The Bertz CT molecular complexity index is 8210. The Morgan fingerprint density at radius 3 is 0.813 bits per heavy atom. The fraction of sp³-hybridized carbons (Fsp3) is 0.237. The van der Waals surface area contributed by atoms with Gasteiger partial charge >= 0.3 is 0 Å². The number of para-hydroxylation sites is 4. The van der Waals surface area contributed by atoms with Crippen LogP contribution in [0.15, 0.2) is 291 Å². The van der Waals surface area contributed by atoms with Crippen LogP contribution >= 0.6 is 0 Å². The van der Waals surface area contributed by atoms with Crippen LogP contribution in [-0.2, 0) is 37.9 Å². The van der Waals surface area contributed by atoms with E-state index in [1.807, 2.05) is 81.6 Å². The van der Waals surface area contributed by atoms with Crippen LogP contribution in [0.4, 0.5) is 34.1 Å². The fourth-order valence-electron chi connectivity index (χ4n) is 19.8. The quantitative estimate of drug-likeness (QED) is 0.163. The minimum atomic E-state index is -0.822. The lowest BCUT2D eigenvalue weighted by atomic mass is 9.33. The molecule has 123 heavy (non-hydrogen) atoms. The summed E-state index contributed by atoms with van der Waals surface area (Å²) in [6, 6.07) is 68.6. The summed E-state index contributed by atoms with van der Waals surface area (Å²) in [4.78, 5) is 4.94. The molecule has 0 aliphatic carbocycles. The summed E-state index contributed by atoms with van der Waals surface area (Å²) in [5, 5.41) is 7.80. The molecular formula is C118H111BN4. The van der Waals surface area contributed by atoms with Crippen LogP contribution in [0, 0.1) is 0 Å². The maximum Gasteiger partial charge on any atom is 0.252 e. The number of benzene rings is 15. The molecule has 21 rings (SSSR count). The number of hydrogen-bond acceptors (Lipinski definition) is 2. The van der Waals surface area contributed by atoms with Crippen molar-refractivity contribution in [1.82, 2.24) is 8.80 Å². The molecule has 19 aromatic rings. The fourth-order valence-corrected chi connectivity index (χ4v) is 19.8. The van der Waals surface area contributed by atoms with E-state index in [2.05, 4.69) is 289 Å². The number of aromatic nitrogens is 2. The van der Waals surface area contributed by atoms with Gasteiger partial charge in [0.2, 0.25) is 0 Å². The molecule has 0 fully saturated rings. The van der Waals surface area contributed by atoms with Crippen LogP contribution in [0.5, 0.6) is 0 Å². The Kier molecular flexibility index (Phi) is 14.0. The van der Waals surface area contributed by atoms with Gasteiger partial charge in [0, 0.05) is 77.0 Å². The summed E-state index contributed by atoms with van der Waals surface area (Å²) in [5.41, 5.74) is 17.8. The number of nitrogens with zero attached hydrogens (tertiary/aromatic N) is 4. The van der Waals surface area contributed by atoms with Gasteiger partial charge in [-0.15, -0.1) is 0 Å². The van der Waals surface area contributed by atoms with Crippen LogP contribution in [0.25, 0.3) is 142 Å². The van der Waals surface area contributed by atoms with Gasteiger partial charge in [-0.3, -0.25) is 0 Å². The number of rotatable bonds is 4. The van der Waals surface area contributed by atoms with Crippen molar-refractivity contribution >= 4 is 177 Å². The van der Waals surface area contributed by atoms with Gasteiger partial charge in [-0.05, 0) is 208 Å². The van der Waals surface area contributed by atoms with Crippen LogP contribution in [0.3, 0.4) is 0 Å². The Hall–Kier alpha value is -12.4. The van der Waals surface area contributed by atoms with Gasteiger partial charge in [0.1, 0.15) is 0 Å². The Morgan fingerprint density at radius 1 is 0.220 bits per heavy atom. The second kappa shape index (κ2) is 27.0. The van der Waals surface area contributed by atoms with E-state index in [-0.39, 0.29) is 124 Å². The van der Waals surface area contributed by atoms with E-state index >= 15 is 0 Å². The molecule has 5 heteroatoms. The van der Waals surface area contributed by atoms with Crippen LogP contribution < -0.4 is 26.2 Å². The number of anilines is 6. The zero-order valence-electron chi connectivity index (χ0n) is 88.5. The molecule has 0 amide bonds. The average molecular weight is 1610 g/mol. The summed E-state index contributed by atoms with van der Waals surface area (Å²) >= 11 is 0. The zero-order valence-corrected chi connectivity index (χ0v) is 74.5. The predicted molar refractivity (Wildman–Crippen MR) is 537 cm³/mol. The van der Waals surface area contributed by atoms with Crippen molar-refractivity contribution in [3.63, 3.8) is 0 Å². The van der Waals surface area contributed by atoms with Crippen molar-refractivity contribution in [3.8, 4) is 22.3 Å². The van der Waals surface area contributed by atoms with Gasteiger partial charge in [-0.1, -0.05) is 376 Å². The van der Waals surface area contributed by atoms with Crippen LogP contribution in [0.1, 0.15) is 204 Å². The van der Waals surface area contributed by atoms with Crippen molar-refractivity contribution in [1.29, 1.82) is 0 Å². The first-order valence-corrected chi connectivity index (χ1v) is 43.5. The molecule has 2 aliphatic rings. The molecule has 0 saturated carbocycles. The average Bonchev–Trinajstić information content (AvgIpc) is 1.50. The van der Waals surface area contributed by atoms with Crippen molar-refractivity contribution in [2.75, 3.05) is 9.80 Å². The predicted octanol–water partition coefficient (Wildman–Crippen LogP) is 31.3. The van der Waals surface area contributed by atoms with E-state index in [1.54, 1.807) is 0 Å². The standard InChI is InChI=1S/C118H111BN4/c1-112(2,3)72-52-54-101(93(62-72)70-56-74(114(7,8)9)60-75(57-70)115(10,11)12)120-105-68-103-95(85-42-28-24-38-81(85)79-36-22-26-40-83(79)89-46-34-48-91-87-44-30-32-50-99(87)122(103)110(89)91)66-97(105)119-98-67-96-86-43-29-25-39-82(86)80-37-23-27-41-84(80)90-47-35-49-92-88-45-31-33-51-100(88)123(111(90)92)104(96)69-106(98)121(108-65-78(118(19,20)21)64-107(120)109(108)119)102-55-53-73(113(4,5)6)63-94(102)71-58-76(116(13,14)15)61-77(59-71)117(16,17)18/h22-69H,1-21H3/i30D,31D,32D,33D,34D,35D,44D,45D,46D,47D,48D,49D,50D,51D. The highest BCUT2D eigenvalue weighted by molar-refractivity contribution is 7.00. The maximum atomic E-state index is 10.5. The number of fused-ring (bicyclic) bond motifs is 24. The van der Waals surface area contributed by atoms with Crippen molar-refractivity contribution in [2.45, 2.75) is 183 Å². The van der Waals surface area contributed by atoms with Crippen molar-refractivity contribution in [3.05, 3.63) is 330 Å². The van der Waals surface area contributed by atoms with Crippen LogP contribution in [-0.4, -0.2) is 15.5 Å². The van der Waals surface area contributed by atoms with E-state index in [9.17, 15) is 19.2 Å². The van der Waals surface area contributed by atoms with Gasteiger partial charge in [0.25, 0.3) is 6.71 Å². The number of hydrogen-bond donors (Lipinski definition) is 0. The minimum absolute atomic E-state index is 0.0472. The molecule has 0 spiro atoms. The summed E-state index contributed by atoms with van der Waals surface area (Å²) in [7, 11) is 0. The molecule has 0 radical (unpaired) electrons. The van der Waals surface area contributed by atoms with E-state index in [0.717, 1.165) is 122 Å². The maximum absolute atomic E-state index is 10.5. The molecule has 4 aromatic heterocycles. The largest absolute Gasteiger partial charge is 0.311 e. The van der Waals surface area contributed by atoms with Gasteiger partial charge in [0.05, 0.1) is 63.7 Å². The highest BCUT2D eigenvalue weighted by atomic mass is 15.2. The molecule has 0 N–H and O–H groups in total. The highest BCUT2D eigenvalue weighted by Gasteiger charge is 2.47. The van der Waals surface area contributed by atoms with Gasteiger partial charge < -0.3 is 18.6 Å². The topological polar surface area (TPSA) is 15.3 Å². The van der Waals surface area contributed by atoms with E-state index in [4.69, 9.17) is 0 Å². The molecule has 15 aromatic carbocycles. The van der Waals surface area contributed by atoms with Gasteiger partial charge in [0.15, 0.2) is 0 Å². The smallest absolute Gasteiger partial charge is 0.252 e. The molecule has 4 nitrogen and oxygen atoms in total. The third-order valence-electron chi connectivity index (χ3n) is 26.6. The zero-order chi connectivity index (χ0) is 97.8. The summed E-state index contributed by atoms with van der Waals surface area (Å²) in [6.07, 6.45) is 0. The van der Waals surface area contributed by atoms with Gasteiger partial charge in [-0.2, -0.15) is 0 Å². The lowest BCUT2D eigenvalue weighted by Gasteiger charge is -2.46. The molecule has 0 atom stereocenters. The SMILES string of the molecule is [2H]c1c([2H])c([2H])c2c(c1[2H])c1c([2H])c([2H])c([2H])c3c4ccccc4c4ccccc4c4cc5c(cc4n2c31)N(c1ccc(C(C)(C)C)cc1-c1cc(C(C)(C)C)cc(C(C)(C)C)c1)c1cc(C(C)(C)C)cc2c1B5c1cc3c4ccccc4c4ccccc4c4c([2H])c([2H])c([2H])c5c6c([2H])c([2H])c([2H])c([2H])c6n(c3cc1N2c1ccc(C(C)(C)C)cc1-c1cc(C(C)(C)C)cc(C(C)(C)C)c1)c45. The second-order valence-electron chi connectivity index (χ2n) is 41.9. The molecule has 606 valence electrons. The molecule has 0 bridgehead atoms. The van der Waals surface area contributed by atoms with E-state index in [0.29, 0.717) is 54.7 Å². The second-order valence-corrected chi connectivity index (χ2v) is 41.9. The molecule has 0 saturated heterocycles.